The molecule has 1 saturated heterocycles. The Morgan fingerprint density at radius 2 is 1.55 bits per heavy atom. The van der Waals surface area contributed by atoms with E-state index >= 15 is 0 Å². The Balaban J connectivity index is 1.51. The van der Waals surface area contributed by atoms with Crippen LogP contribution in [-0.2, 0) is 24.0 Å². The van der Waals surface area contributed by atoms with Crippen LogP contribution in [0.2, 0.25) is 0 Å². The van der Waals surface area contributed by atoms with E-state index < -0.39 is 84.3 Å². The van der Waals surface area contributed by atoms with Crippen LogP contribution in [0.4, 0.5) is 8.78 Å². The summed E-state index contributed by atoms with van der Waals surface area (Å²) in [4.78, 5) is 89.9. The quantitative estimate of drug-likeness (QED) is 0.204. The molecule has 1 aliphatic heterocycles. The molecule has 1 saturated carbocycles. The Bertz CT molecular complexity index is 1560. The van der Waals surface area contributed by atoms with Gasteiger partial charge in [0.05, 0.1) is 12.2 Å². The van der Waals surface area contributed by atoms with Crippen molar-refractivity contribution in [3.8, 4) is 0 Å². The highest BCUT2D eigenvalue weighted by Gasteiger charge is 2.51. The number of halogens is 2. The number of carbonyl (C=O) groups excluding carboxylic acids is 6. The molecular weight excluding hydrogens is 664 g/mol. The Morgan fingerprint density at radius 1 is 0.863 bits per heavy atom. The molecule has 2 aliphatic rings. The van der Waals surface area contributed by atoms with Gasteiger partial charge in [0.2, 0.25) is 29.9 Å². The predicted molar refractivity (Wildman–Crippen MR) is 182 cm³/mol. The number of nitrogens with one attached hydrogen (secondary N) is 4. The zero-order valence-electron chi connectivity index (χ0n) is 29.5. The second-order valence-corrected chi connectivity index (χ2v) is 14.0. The van der Waals surface area contributed by atoms with E-state index in [9.17, 15) is 37.5 Å². The number of hydrogen-bond acceptors (Lipinski definition) is 8. The molecule has 13 nitrogen and oxygen atoms in total. The van der Waals surface area contributed by atoms with Crippen LogP contribution in [0.25, 0.3) is 0 Å². The Morgan fingerprint density at radius 3 is 2.16 bits per heavy atom. The third-order valence-corrected chi connectivity index (χ3v) is 9.62. The fraction of sp³-hybridized carbons (Fsp3) is 0.556. The number of aromatic nitrogens is 2. The predicted octanol–water partition coefficient (Wildman–Crippen LogP) is 2.59. The number of rotatable bonds is 15. The van der Waals surface area contributed by atoms with Crippen molar-refractivity contribution in [1.29, 1.82) is 0 Å². The number of Topliss-reactive ketones (excluding diaryl/α,β-unsaturated/α-hetero) is 1. The highest BCUT2D eigenvalue weighted by atomic mass is 19.3. The minimum Gasteiger partial charge on any atom is -0.344 e. The van der Waals surface area contributed by atoms with Gasteiger partial charge < -0.3 is 26.2 Å². The lowest BCUT2D eigenvalue weighted by Crippen LogP contribution is -2.60. The van der Waals surface area contributed by atoms with Crippen LogP contribution in [0.3, 0.4) is 0 Å². The zero-order chi connectivity index (χ0) is 37.4. The molecule has 0 unspecified atom stereocenters. The summed E-state index contributed by atoms with van der Waals surface area (Å²) in [6.45, 7) is 8.75. The van der Waals surface area contributed by atoms with Crippen molar-refractivity contribution in [1.82, 2.24) is 36.1 Å². The molecule has 15 heteroatoms. The van der Waals surface area contributed by atoms with Crippen molar-refractivity contribution < 1.29 is 37.5 Å². The van der Waals surface area contributed by atoms with Gasteiger partial charge >= 0.3 is 0 Å². The molecule has 5 amide bonds. The summed E-state index contributed by atoms with van der Waals surface area (Å²) in [5, 5.41) is 10.3. The fourth-order valence-corrected chi connectivity index (χ4v) is 6.89. The maximum Gasteiger partial charge on any atom is 0.290 e. The van der Waals surface area contributed by atoms with Gasteiger partial charge in [-0.15, -0.1) is 0 Å². The van der Waals surface area contributed by atoms with Gasteiger partial charge in [-0.3, -0.25) is 33.8 Å². The molecule has 276 valence electrons. The number of carbonyl (C=O) groups is 6. The highest BCUT2D eigenvalue weighted by Crippen LogP contribution is 2.42. The smallest absolute Gasteiger partial charge is 0.290 e. The van der Waals surface area contributed by atoms with E-state index in [1.807, 2.05) is 0 Å². The van der Waals surface area contributed by atoms with Gasteiger partial charge in [0, 0.05) is 25.4 Å². The van der Waals surface area contributed by atoms with Gasteiger partial charge in [0.1, 0.15) is 29.9 Å². The van der Waals surface area contributed by atoms with Crippen molar-refractivity contribution in [3.63, 3.8) is 0 Å². The largest absolute Gasteiger partial charge is 0.344 e. The number of nitrogens with zero attached hydrogens (tertiary/aromatic N) is 3. The van der Waals surface area contributed by atoms with E-state index in [2.05, 4.69) is 31.2 Å². The molecule has 7 atom stereocenters. The van der Waals surface area contributed by atoms with E-state index in [0.29, 0.717) is 12.0 Å². The van der Waals surface area contributed by atoms with Gasteiger partial charge in [0.15, 0.2) is 0 Å². The van der Waals surface area contributed by atoms with Gasteiger partial charge in [-0.25, -0.2) is 13.8 Å². The molecule has 2 aromatic rings. The standard InChI is InChI=1S/C36H47F2N7O6/c1-19(2)28(43-32(47)26-17-39-14-15-40-26)33(48)44-29(20(3)4)36(51)45-18-23-12-9-13-24(23)30(45)34(49)42-25(16-27(37)38)31(46)35(50)41-21(5)22-10-7-6-8-11-22/h6-8,10-11,14-15,17,19-21,23-25,27-30H,9,12-13,16,18H2,1-5H3,(H,41,50)(H,42,49)(H,43,47)(H,44,48)/t21-,23-,24-,25+,28-,29-,30-/m0/s1. The van der Waals surface area contributed by atoms with Gasteiger partial charge in [0.25, 0.3) is 11.8 Å². The SMILES string of the molecule is CC(C)[C@H](NC(=O)c1cnccn1)C(=O)N[C@H](C(=O)N1C[C@@H]2CCC[C@@H]2[C@H]1C(=O)N[C@H](CC(F)F)C(=O)C(=O)N[C@@H](C)c1ccccc1)C(C)C. The third kappa shape index (κ3) is 9.70. The van der Waals surface area contributed by atoms with Gasteiger partial charge in [-0.2, -0.15) is 0 Å². The normalized spacial score (nSPS) is 20.7. The first kappa shape index (κ1) is 39.0. The molecule has 0 bridgehead atoms. The minimum absolute atomic E-state index is 0.0108. The second kappa shape index (κ2) is 17.4. The molecule has 51 heavy (non-hydrogen) atoms. The van der Waals surface area contributed by atoms with Crippen LogP contribution in [0.5, 0.6) is 0 Å². The third-order valence-electron chi connectivity index (χ3n) is 9.62. The molecule has 0 radical (unpaired) electrons. The summed E-state index contributed by atoms with van der Waals surface area (Å²) in [5.41, 5.74) is 0.705. The molecule has 1 aromatic heterocycles. The van der Waals surface area contributed by atoms with Crippen LogP contribution >= 0.6 is 0 Å². The number of hydrogen-bond donors (Lipinski definition) is 4. The number of likely N-dealkylation sites (tertiary alicyclic amines) is 1. The summed E-state index contributed by atoms with van der Waals surface area (Å²) in [6, 6.07) is 3.07. The molecule has 0 spiro atoms. The van der Waals surface area contributed by atoms with Gasteiger partial charge in [-0.1, -0.05) is 64.4 Å². The maximum atomic E-state index is 14.2. The molecular formula is C36H47F2N7O6. The van der Waals surface area contributed by atoms with Crippen molar-refractivity contribution in [2.45, 2.75) is 96.9 Å². The zero-order valence-corrected chi connectivity index (χ0v) is 29.5. The summed E-state index contributed by atoms with van der Waals surface area (Å²) in [6.07, 6.45) is 2.04. The fourth-order valence-electron chi connectivity index (χ4n) is 6.89. The molecule has 1 aromatic carbocycles. The van der Waals surface area contributed by atoms with Crippen LogP contribution in [-0.4, -0.2) is 87.3 Å². The second-order valence-electron chi connectivity index (χ2n) is 14.0. The van der Waals surface area contributed by atoms with Crippen molar-refractivity contribution in [3.05, 3.63) is 60.2 Å². The van der Waals surface area contributed by atoms with Crippen molar-refractivity contribution >= 4 is 35.3 Å². The summed E-state index contributed by atoms with van der Waals surface area (Å²) >= 11 is 0. The van der Waals surface area contributed by atoms with E-state index in [0.717, 1.165) is 12.8 Å². The summed E-state index contributed by atoms with van der Waals surface area (Å²) in [7, 11) is 0. The van der Waals surface area contributed by atoms with E-state index in [1.54, 1.807) is 65.0 Å². The Labute approximate surface area is 296 Å². The highest BCUT2D eigenvalue weighted by molar-refractivity contribution is 6.38. The van der Waals surface area contributed by atoms with E-state index in [1.165, 1.54) is 23.5 Å². The lowest BCUT2D eigenvalue weighted by atomic mass is 9.92. The van der Waals surface area contributed by atoms with E-state index in [-0.39, 0.29) is 30.0 Å². The Hall–Kier alpha value is -4.82. The van der Waals surface area contributed by atoms with Crippen LogP contribution in [0.15, 0.2) is 48.9 Å². The number of benzene rings is 1. The molecule has 4 rings (SSSR count). The van der Waals surface area contributed by atoms with Gasteiger partial charge in [-0.05, 0) is 49.0 Å². The van der Waals surface area contributed by atoms with Crippen LogP contribution in [0.1, 0.15) is 82.4 Å². The topological polar surface area (TPSA) is 180 Å². The first-order valence-electron chi connectivity index (χ1n) is 17.3. The Kier molecular flexibility index (Phi) is 13.3. The molecule has 2 fully saturated rings. The van der Waals surface area contributed by atoms with Crippen LogP contribution < -0.4 is 21.3 Å². The molecule has 4 N–H and O–H groups in total. The molecule has 1 aliphatic carbocycles. The average molecular weight is 712 g/mol. The summed E-state index contributed by atoms with van der Waals surface area (Å²) < 4.78 is 27.4. The first-order valence-corrected chi connectivity index (χ1v) is 17.3. The lowest BCUT2D eigenvalue weighted by molar-refractivity contribution is -0.145. The van der Waals surface area contributed by atoms with Crippen molar-refractivity contribution in [2.75, 3.05) is 6.54 Å². The van der Waals surface area contributed by atoms with Crippen LogP contribution in [0, 0.1) is 23.7 Å². The molecule has 2 heterocycles. The first-order chi connectivity index (χ1) is 24.2. The number of ketones is 1. The summed E-state index contributed by atoms with van der Waals surface area (Å²) in [5.74, 6) is -6.13. The van der Waals surface area contributed by atoms with Crippen molar-refractivity contribution in [2.24, 2.45) is 23.7 Å². The monoisotopic (exact) mass is 711 g/mol. The number of alkyl halides is 2. The maximum absolute atomic E-state index is 14.2. The lowest BCUT2D eigenvalue weighted by Gasteiger charge is -2.34. The number of amides is 5. The van der Waals surface area contributed by atoms with E-state index in [4.69, 9.17) is 0 Å². The number of fused-ring (bicyclic) bond motifs is 1. The average Bonchev–Trinajstić information content (AvgIpc) is 3.70. The minimum atomic E-state index is -3.01.